The van der Waals surface area contributed by atoms with Crippen LogP contribution in [0.3, 0.4) is 0 Å². The van der Waals surface area contributed by atoms with Crippen LogP contribution in [0.5, 0.6) is 5.75 Å². The van der Waals surface area contributed by atoms with Crippen molar-refractivity contribution in [2.75, 3.05) is 0 Å². The van der Waals surface area contributed by atoms with Crippen molar-refractivity contribution in [2.24, 2.45) is 5.73 Å². The van der Waals surface area contributed by atoms with E-state index >= 15 is 0 Å². The molecule has 0 atom stereocenters. The molecule has 0 unspecified atom stereocenters. The summed E-state index contributed by atoms with van der Waals surface area (Å²) >= 11 is 0. The van der Waals surface area contributed by atoms with Crippen LogP contribution in [0.15, 0.2) is 66.7 Å². The third-order valence-electron chi connectivity index (χ3n) is 3.38. The second kappa shape index (κ2) is 5.77. The molecule has 3 aromatic carbocycles. The summed E-state index contributed by atoms with van der Waals surface area (Å²) < 4.78 is 5.52. The predicted octanol–water partition coefficient (Wildman–Crippen LogP) is 3.52. The summed E-state index contributed by atoms with van der Waals surface area (Å²) in [4.78, 5) is 12.2. The van der Waals surface area contributed by atoms with Crippen molar-refractivity contribution < 1.29 is 9.53 Å². The number of benzene rings is 3. The lowest BCUT2D eigenvalue weighted by atomic mass is 10.1. The van der Waals surface area contributed by atoms with E-state index in [4.69, 9.17) is 10.5 Å². The van der Waals surface area contributed by atoms with Crippen molar-refractivity contribution in [1.29, 1.82) is 0 Å². The first-order valence-corrected chi connectivity index (χ1v) is 6.77. The van der Waals surface area contributed by atoms with Gasteiger partial charge in [-0.15, -0.1) is 0 Å². The summed E-state index contributed by atoms with van der Waals surface area (Å²) in [7, 11) is 0. The molecule has 3 nitrogen and oxygen atoms in total. The molecule has 0 spiro atoms. The van der Waals surface area contributed by atoms with Crippen molar-refractivity contribution >= 4 is 16.7 Å². The molecule has 3 rings (SSSR count). The van der Waals surface area contributed by atoms with Gasteiger partial charge in [0.2, 0.25) is 0 Å². The van der Waals surface area contributed by atoms with E-state index in [1.807, 2.05) is 48.5 Å². The van der Waals surface area contributed by atoms with Crippen molar-refractivity contribution in [3.63, 3.8) is 0 Å². The van der Waals surface area contributed by atoms with E-state index < -0.39 is 0 Å². The number of carbonyl (C=O) groups is 1. The van der Waals surface area contributed by atoms with Gasteiger partial charge in [-0.3, -0.25) is 0 Å². The molecule has 0 saturated carbocycles. The summed E-state index contributed by atoms with van der Waals surface area (Å²) in [5, 5.41) is 1.97. The van der Waals surface area contributed by atoms with Crippen molar-refractivity contribution in [3.05, 3.63) is 77.9 Å². The minimum absolute atomic E-state index is 0.366. The fraction of sp³-hybridized carbons (Fsp3) is 0.0556. The molecule has 0 saturated heterocycles. The summed E-state index contributed by atoms with van der Waals surface area (Å²) in [6, 6.07) is 20.6. The molecular weight excluding hydrogens is 262 g/mol. The molecular formula is C18H15NO2. The first-order chi connectivity index (χ1) is 10.3. The Morgan fingerprint density at radius 1 is 0.905 bits per heavy atom. The second-order valence-corrected chi connectivity index (χ2v) is 4.77. The quantitative estimate of drug-likeness (QED) is 0.588. The second-order valence-electron chi connectivity index (χ2n) is 4.77. The average Bonchev–Trinajstić information content (AvgIpc) is 2.55. The lowest BCUT2D eigenvalue weighted by Crippen LogP contribution is -2.09. The average molecular weight is 277 g/mol. The Bertz CT molecular complexity index is 773. The standard InChI is InChI=1S/C18H15NO2/c19-12-13-8-10-15(11-9-13)18(20)21-17-7-3-5-14-4-1-2-6-16(14)17/h1-11H,12,19H2. The van der Waals surface area contributed by atoms with Crippen LogP contribution in [0.2, 0.25) is 0 Å². The smallest absolute Gasteiger partial charge is 0.343 e. The van der Waals surface area contributed by atoms with E-state index in [0.29, 0.717) is 17.9 Å². The number of rotatable bonds is 3. The van der Waals surface area contributed by atoms with Crippen LogP contribution in [0.25, 0.3) is 10.8 Å². The molecule has 0 fully saturated rings. The van der Waals surface area contributed by atoms with Crippen molar-refractivity contribution in [2.45, 2.75) is 6.54 Å². The van der Waals surface area contributed by atoms with E-state index in [-0.39, 0.29) is 5.97 Å². The van der Waals surface area contributed by atoms with Gasteiger partial charge in [0.1, 0.15) is 5.75 Å². The third-order valence-corrected chi connectivity index (χ3v) is 3.38. The van der Waals surface area contributed by atoms with Crippen LogP contribution < -0.4 is 10.5 Å². The Labute approximate surface area is 123 Å². The maximum absolute atomic E-state index is 12.2. The van der Waals surface area contributed by atoms with Gasteiger partial charge in [0, 0.05) is 11.9 Å². The van der Waals surface area contributed by atoms with Crippen LogP contribution >= 0.6 is 0 Å². The molecule has 0 amide bonds. The Morgan fingerprint density at radius 3 is 2.38 bits per heavy atom. The fourth-order valence-corrected chi connectivity index (χ4v) is 2.22. The Kier molecular flexibility index (Phi) is 3.67. The molecule has 0 bridgehead atoms. The van der Waals surface area contributed by atoms with Crippen LogP contribution in [-0.4, -0.2) is 5.97 Å². The molecule has 104 valence electrons. The first kappa shape index (κ1) is 13.3. The van der Waals surface area contributed by atoms with Gasteiger partial charge in [0.15, 0.2) is 0 Å². The van der Waals surface area contributed by atoms with E-state index in [1.54, 1.807) is 18.2 Å². The molecule has 2 N–H and O–H groups in total. The van der Waals surface area contributed by atoms with Crippen molar-refractivity contribution in [1.82, 2.24) is 0 Å². The van der Waals surface area contributed by atoms with Gasteiger partial charge in [0.05, 0.1) is 5.56 Å². The fourth-order valence-electron chi connectivity index (χ4n) is 2.22. The topological polar surface area (TPSA) is 52.3 Å². The zero-order valence-corrected chi connectivity index (χ0v) is 11.5. The lowest BCUT2D eigenvalue weighted by molar-refractivity contribution is 0.0737. The summed E-state index contributed by atoms with van der Waals surface area (Å²) in [6.07, 6.45) is 0. The van der Waals surface area contributed by atoms with Crippen LogP contribution in [0, 0.1) is 0 Å². The highest BCUT2D eigenvalue weighted by molar-refractivity contribution is 5.95. The van der Waals surface area contributed by atoms with Crippen LogP contribution in [0.4, 0.5) is 0 Å². The molecule has 21 heavy (non-hydrogen) atoms. The highest BCUT2D eigenvalue weighted by Crippen LogP contribution is 2.25. The number of hydrogen-bond donors (Lipinski definition) is 1. The largest absolute Gasteiger partial charge is 0.422 e. The van der Waals surface area contributed by atoms with Gasteiger partial charge < -0.3 is 10.5 Å². The molecule has 3 heteroatoms. The minimum Gasteiger partial charge on any atom is -0.422 e. The van der Waals surface area contributed by atoms with Crippen LogP contribution in [0.1, 0.15) is 15.9 Å². The van der Waals surface area contributed by atoms with Crippen LogP contribution in [-0.2, 0) is 6.54 Å². The number of esters is 1. The highest BCUT2D eigenvalue weighted by Gasteiger charge is 2.10. The highest BCUT2D eigenvalue weighted by atomic mass is 16.5. The Morgan fingerprint density at radius 2 is 1.62 bits per heavy atom. The van der Waals surface area contributed by atoms with Crippen molar-refractivity contribution in [3.8, 4) is 5.75 Å². The molecule has 0 radical (unpaired) electrons. The number of carbonyl (C=O) groups excluding carboxylic acids is 1. The summed E-state index contributed by atoms with van der Waals surface area (Å²) in [5.41, 5.74) is 7.04. The minimum atomic E-state index is -0.366. The number of hydrogen-bond acceptors (Lipinski definition) is 3. The molecule has 0 aliphatic carbocycles. The van der Waals surface area contributed by atoms with Gasteiger partial charge in [0.25, 0.3) is 0 Å². The maximum Gasteiger partial charge on any atom is 0.343 e. The molecule has 3 aromatic rings. The molecule has 0 aliphatic rings. The zero-order valence-electron chi connectivity index (χ0n) is 11.5. The summed E-state index contributed by atoms with van der Waals surface area (Å²) in [6.45, 7) is 0.457. The Balaban J connectivity index is 1.89. The number of ether oxygens (including phenoxy) is 1. The molecule has 0 aliphatic heterocycles. The molecule has 0 heterocycles. The predicted molar refractivity (Wildman–Crippen MR) is 83.2 cm³/mol. The third kappa shape index (κ3) is 2.78. The van der Waals surface area contributed by atoms with E-state index in [9.17, 15) is 4.79 Å². The SMILES string of the molecule is NCc1ccc(C(=O)Oc2cccc3ccccc23)cc1. The lowest BCUT2D eigenvalue weighted by Gasteiger charge is -2.08. The van der Waals surface area contributed by atoms with Gasteiger partial charge >= 0.3 is 5.97 Å². The first-order valence-electron chi connectivity index (χ1n) is 6.77. The number of fused-ring (bicyclic) bond motifs is 1. The summed E-state index contributed by atoms with van der Waals surface area (Å²) in [5.74, 6) is 0.205. The van der Waals surface area contributed by atoms with Gasteiger partial charge in [-0.25, -0.2) is 4.79 Å². The maximum atomic E-state index is 12.2. The monoisotopic (exact) mass is 277 g/mol. The zero-order chi connectivity index (χ0) is 14.7. The molecule has 0 aromatic heterocycles. The number of nitrogens with two attached hydrogens (primary N) is 1. The van der Waals surface area contributed by atoms with Gasteiger partial charge in [-0.1, -0.05) is 48.5 Å². The van der Waals surface area contributed by atoms with E-state index in [1.165, 1.54) is 0 Å². The normalized spacial score (nSPS) is 10.5. The van der Waals surface area contributed by atoms with E-state index in [0.717, 1.165) is 16.3 Å². The van der Waals surface area contributed by atoms with Gasteiger partial charge in [-0.05, 0) is 29.1 Å². The van der Waals surface area contributed by atoms with Gasteiger partial charge in [-0.2, -0.15) is 0 Å². The Hall–Kier alpha value is -2.65. The van der Waals surface area contributed by atoms with E-state index in [2.05, 4.69) is 0 Å².